The molecule has 1 saturated carbocycles. The standard InChI is InChI=1S/C26H25F3N4O4S/c1-13-7-14(9-15(8-13)31-26(35)36)17-5-6-30-12-22(17)33-25(34)21-4-3-18(27)24(32-21)23-19(28)10-16(38(2)37)11-20(23)29/h3-6,10-15,31H,7-9H2,1-2H3,(H,33,34)(H,35,36)/t13-,14+,15-,38-/m0/s1. The Labute approximate surface area is 219 Å². The van der Waals surface area contributed by atoms with E-state index in [-0.39, 0.29) is 28.5 Å². The molecule has 0 radical (unpaired) electrons. The Morgan fingerprint density at radius 1 is 1.05 bits per heavy atom. The van der Waals surface area contributed by atoms with Gasteiger partial charge in [-0.2, -0.15) is 0 Å². The van der Waals surface area contributed by atoms with E-state index in [1.165, 1.54) is 12.5 Å². The second kappa shape index (κ2) is 11.3. The number of hydrogen-bond acceptors (Lipinski definition) is 5. The molecule has 0 bridgehead atoms. The number of pyridine rings is 2. The van der Waals surface area contributed by atoms with Crippen LogP contribution >= 0.6 is 0 Å². The van der Waals surface area contributed by atoms with Gasteiger partial charge in [-0.05, 0) is 67.0 Å². The molecule has 200 valence electrons. The minimum Gasteiger partial charge on any atom is -0.465 e. The molecule has 12 heteroatoms. The van der Waals surface area contributed by atoms with Gasteiger partial charge in [-0.1, -0.05) is 6.92 Å². The maximum Gasteiger partial charge on any atom is 0.404 e. The summed E-state index contributed by atoms with van der Waals surface area (Å²) in [5, 5.41) is 14.4. The second-order valence-electron chi connectivity index (χ2n) is 9.32. The van der Waals surface area contributed by atoms with E-state index in [9.17, 15) is 27.0 Å². The lowest BCUT2D eigenvalue weighted by atomic mass is 9.76. The van der Waals surface area contributed by atoms with Crippen LogP contribution in [0.5, 0.6) is 0 Å². The predicted octanol–water partition coefficient (Wildman–Crippen LogP) is 5.09. The monoisotopic (exact) mass is 546 g/mol. The van der Waals surface area contributed by atoms with Crippen LogP contribution in [0.4, 0.5) is 23.7 Å². The predicted molar refractivity (Wildman–Crippen MR) is 135 cm³/mol. The van der Waals surface area contributed by atoms with Crippen LogP contribution in [0, 0.1) is 23.4 Å². The molecule has 0 saturated heterocycles. The summed E-state index contributed by atoms with van der Waals surface area (Å²) in [6, 6.07) is 5.14. The molecule has 4 atom stereocenters. The fourth-order valence-corrected chi connectivity index (χ4v) is 5.43. The smallest absolute Gasteiger partial charge is 0.404 e. The van der Waals surface area contributed by atoms with Gasteiger partial charge in [-0.25, -0.2) is 22.9 Å². The van der Waals surface area contributed by atoms with Gasteiger partial charge in [-0.3, -0.25) is 14.0 Å². The molecule has 1 aliphatic rings. The molecule has 2 amide bonds. The maximum atomic E-state index is 14.7. The fourth-order valence-electron chi connectivity index (χ4n) is 4.89. The Morgan fingerprint density at radius 2 is 1.76 bits per heavy atom. The highest BCUT2D eigenvalue weighted by atomic mass is 32.2. The van der Waals surface area contributed by atoms with Crippen molar-refractivity contribution in [2.45, 2.75) is 43.0 Å². The van der Waals surface area contributed by atoms with Crippen LogP contribution in [-0.4, -0.2) is 43.6 Å². The van der Waals surface area contributed by atoms with Crippen LogP contribution in [0.25, 0.3) is 11.3 Å². The van der Waals surface area contributed by atoms with Crippen molar-refractivity contribution in [3.05, 3.63) is 71.4 Å². The van der Waals surface area contributed by atoms with Crippen molar-refractivity contribution in [3.8, 4) is 11.3 Å². The summed E-state index contributed by atoms with van der Waals surface area (Å²) in [6.45, 7) is 2.02. The molecule has 3 N–H and O–H groups in total. The molecule has 0 spiro atoms. The highest BCUT2D eigenvalue weighted by Crippen LogP contribution is 2.39. The first-order valence-electron chi connectivity index (χ1n) is 11.8. The Morgan fingerprint density at radius 3 is 2.42 bits per heavy atom. The SMILES string of the molecule is C[C@@H]1C[C@H](NC(=O)O)C[C@H](c2ccncc2NC(=O)c2ccc(F)c(-c3c(F)cc([S@](C)=O)cc3F)n2)C1. The van der Waals surface area contributed by atoms with Gasteiger partial charge in [0.15, 0.2) is 0 Å². The number of halogens is 3. The molecular formula is C26H25F3N4O4S. The highest BCUT2D eigenvalue weighted by molar-refractivity contribution is 7.84. The van der Waals surface area contributed by atoms with Gasteiger partial charge in [0.25, 0.3) is 5.91 Å². The number of nitrogens with one attached hydrogen (secondary N) is 2. The number of benzene rings is 1. The third-order valence-corrected chi connectivity index (χ3v) is 7.38. The van der Waals surface area contributed by atoms with Crippen LogP contribution in [0.15, 0.2) is 47.6 Å². The minimum atomic E-state index is -1.66. The molecule has 2 aromatic heterocycles. The first kappa shape index (κ1) is 27.2. The van der Waals surface area contributed by atoms with E-state index >= 15 is 0 Å². The summed E-state index contributed by atoms with van der Waals surface area (Å²) in [5.74, 6) is -3.97. The fraction of sp³-hybridized carbons (Fsp3) is 0.308. The van der Waals surface area contributed by atoms with Crippen molar-refractivity contribution in [2.24, 2.45) is 5.92 Å². The van der Waals surface area contributed by atoms with E-state index in [2.05, 4.69) is 20.6 Å². The first-order chi connectivity index (χ1) is 18.0. The third-order valence-electron chi connectivity index (χ3n) is 6.48. The van der Waals surface area contributed by atoms with E-state index in [4.69, 9.17) is 5.11 Å². The van der Waals surface area contributed by atoms with Crippen LogP contribution in [-0.2, 0) is 10.8 Å². The average Bonchev–Trinajstić information content (AvgIpc) is 2.84. The van der Waals surface area contributed by atoms with Crippen molar-refractivity contribution in [1.29, 1.82) is 0 Å². The molecule has 0 unspecified atom stereocenters. The second-order valence-corrected chi connectivity index (χ2v) is 10.7. The lowest BCUT2D eigenvalue weighted by molar-refractivity contribution is 0.102. The molecule has 38 heavy (non-hydrogen) atoms. The number of rotatable bonds is 6. The Balaban J connectivity index is 1.62. The molecule has 1 aliphatic carbocycles. The van der Waals surface area contributed by atoms with Gasteiger partial charge >= 0.3 is 6.09 Å². The molecule has 3 aromatic rings. The van der Waals surface area contributed by atoms with E-state index < -0.39 is 51.5 Å². The Kier molecular flexibility index (Phi) is 8.10. The molecule has 1 fully saturated rings. The maximum absolute atomic E-state index is 14.7. The van der Waals surface area contributed by atoms with Crippen LogP contribution in [0.2, 0.25) is 0 Å². The number of nitrogens with zero attached hydrogens (tertiary/aromatic N) is 2. The third kappa shape index (κ3) is 6.01. The molecular weight excluding hydrogens is 521 g/mol. The number of carbonyl (C=O) groups is 2. The summed E-state index contributed by atoms with van der Waals surface area (Å²) < 4.78 is 55.6. The van der Waals surface area contributed by atoms with Crippen molar-refractivity contribution in [3.63, 3.8) is 0 Å². The molecule has 0 aliphatic heterocycles. The highest BCUT2D eigenvalue weighted by Gasteiger charge is 2.30. The van der Waals surface area contributed by atoms with E-state index in [0.717, 1.165) is 36.2 Å². The normalized spacial score (nSPS) is 20.0. The summed E-state index contributed by atoms with van der Waals surface area (Å²) in [6.07, 6.45) is 5.15. The largest absolute Gasteiger partial charge is 0.465 e. The quantitative estimate of drug-likeness (QED) is 0.396. The van der Waals surface area contributed by atoms with Gasteiger partial charge in [0.2, 0.25) is 0 Å². The molecule has 8 nitrogen and oxygen atoms in total. The zero-order valence-corrected chi connectivity index (χ0v) is 21.3. The van der Waals surface area contributed by atoms with Gasteiger partial charge in [0, 0.05) is 34.2 Å². The van der Waals surface area contributed by atoms with Crippen molar-refractivity contribution in [2.75, 3.05) is 11.6 Å². The minimum absolute atomic E-state index is 0.0727. The van der Waals surface area contributed by atoms with Gasteiger partial charge in [0.05, 0.1) is 17.4 Å². The number of carbonyl (C=O) groups excluding carboxylic acids is 1. The molecule has 4 rings (SSSR count). The van der Waals surface area contributed by atoms with E-state index in [1.807, 2.05) is 6.92 Å². The van der Waals surface area contributed by atoms with Crippen LogP contribution in [0.1, 0.15) is 48.2 Å². The Bertz CT molecular complexity index is 1400. The number of anilines is 1. The average molecular weight is 547 g/mol. The topological polar surface area (TPSA) is 121 Å². The summed E-state index contributed by atoms with van der Waals surface area (Å²) in [5.41, 5.74) is -0.650. The van der Waals surface area contributed by atoms with E-state index in [0.29, 0.717) is 18.5 Å². The Hall–Kier alpha value is -3.80. The molecule has 1 aromatic carbocycles. The number of aromatic nitrogens is 2. The number of carboxylic acid groups (broad SMARTS) is 1. The van der Waals surface area contributed by atoms with Gasteiger partial charge in [-0.15, -0.1) is 0 Å². The lowest BCUT2D eigenvalue weighted by Crippen LogP contribution is -2.39. The summed E-state index contributed by atoms with van der Waals surface area (Å²) >= 11 is 0. The van der Waals surface area contributed by atoms with Gasteiger partial charge < -0.3 is 15.7 Å². The van der Waals surface area contributed by atoms with Crippen LogP contribution in [0.3, 0.4) is 0 Å². The van der Waals surface area contributed by atoms with Gasteiger partial charge in [0.1, 0.15) is 28.8 Å². The number of amides is 2. The van der Waals surface area contributed by atoms with Crippen molar-refractivity contribution < 1.29 is 32.1 Å². The lowest BCUT2D eigenvalue weighted by Gasteiger charge is -2.34. The first-order valence-corrected chi connectivity index (χ1v) is 13.3. The number of hydrogen-bond donors (Lipinski definition) is 3. The van der Waals surface area contributed by atoms with Crippen LogP contribution < -0.4 is 10.6 Å². The zero-order chi connectivity index (χ0) is 27.6. The van der Waals surface area contributed by atoms with E-state index in [1.54, 1.807) is 12.3 Å². The molecule has 2 heterocycles. The van der Waals surface area contributed by atoms with Crippen molar-refractivity contribution in [1.82, 2.24) is 15.3 Å². The zero-order valence-electron chi connectivity index (χ0n) is 20.5. The van der Waals surface area contributed by atoms with Crippen molar-refractivity contribution >= 4 is 28.5 Å². The summed E-state index contributed by atoms with van der Waals surface area (Å²) in [4.78, 5) is 32.1. The summed E-state index contributed by atoms with van der Waals surface area (Å²) in [7, 11) is -1.66.